The van der Waals surface area contributed by atoms with E-state index in [1.807, 2.05) is 31.2 Å². The maximum absolute atomic E-state index is 13.2. The number of hydrogen-bond donors (Lipinski definition) is 0. The standard InChI is InChI=1S/C22H19N3O4/c1-15-11-17-6-2-3-8-20(17)24(15)22(27)18-9-10-21(26)23(14-18)13-16-5-4-7-19(12-16)25(28)29/h2-10,12,14-15H,11,13H2,1H3/t15-/m1/s1. The molecule has 1 atom stereocenters. The number of aromatic nitrogens is 1. The van der Waals surface area contributed by atoms with Crippen LogP contribution in [0.1, 0.15) is 28.4 Å². The van der Waals surface area contributed by atoms with Gasteiger partial charge in [0.15, 0.2) is 0 Å². The second-order valence-corrected chi connectivity index (χ2v) is 7.17. The van der Waals surface area contributed by atoms with Crippen LogP contribution in [0.2, 0.25) is 0 Å². The van der Waals surface area contributed by atoms with Gasteiger partial charge in [0, 0.05) is 36.1 Å². The van der Waals surface area contributed by atoms with Crippen LogP contribution in [0.25, 0.3) is 0 Å². The second-order valence-electron chi connectivity index (χ2n) is 7.17. The monoisotopic (exact) mass is 389 g/mol. The second kappa shape index (κ2) is 7.35. The molecule has 1 amide bonds. The number of carbonyl (C=O) groups is 1. The molecule has 0 saturated carbocycles. The average Bonchev–Trinajstić information content (AvgIpc) is 3.05. The topological polar surface area (TPSA) is 85.5 Å². The first kappa shape index (κ1) is 18.6. The predicted molar refractivity (Wildman–Crippen MR) is 109 cm³/mol. The van der Waals surface area contributed by atoms with Crippen LogP contribution in [-0.4, -0.2) is 21.4 Å². The molecule has 0 radical (unpaired) electrons. The average molecular weight is 389 g/mol. The fourth-order valence-corrected chi connectivity index (χ4v) is 3.76. The molecule has 1 aromatic heterocycles. The summed E-state index contributed by atoms with van der Waals surface area (Å²) in [4.78, 5) is 37.8. The van der Waals surface area contributed by atoms with Crippen molar-refractivity contribution >= 4 is 17.3 Å². The summed E-state index contributed by atoms with van der Waals surface area (Å²) in [5.74, 6) is -0.171. The molecule has 2 aromatic carbocycles. The van der Waals surface area contributed by atoms with Crippen LogP contribution in [0.3, 0.4) is 0 Å². The number of benzene rings is 2. The molecule has 4 rings (SSSR count). The van der Waals surface area contributed by atoms with Crippen molar-refractivity contribution in [2.45, 2.75) is 25.9 Å². The largest absolute Gasteiger partial charge is 0.310 e. The van der Waals surface area contributed by atoms with E-state index in [-0.39, 0.29) is 29.7 Å². The number of hydrogen-bond acceptors (Lipinski definition) is 4. The minimum atomic E-state index is -0.474. The van der Waals surface area contributed by atoms with Gasteiger partial charge in [0.2, 0.25) is 0 Å². The van der Waals surface area contributed by atoms with Crippen molar-refractivity contribution in [3.63, 3.8) is 0 Å². The van der Waals surface area contributed by atoms with Gasteiger partial charge in [-0.1, -0.05) is 30.3 Å². The molecule has 7 nitrogen and oxygen atoms in total. The first-order valence-corrected chi connectivity index (χ1v) is 9.29. The van der Waals surface area contributed by atoms with Gasteiger partial charge in [-0.3, -0.25) is 19.7 Å². The Labute approximate surface area is 167 Å². The fraction of sp³-hybridized carbons (Fsp3) is 0.182. The Morgan fingerprint density at radius 2 is 1.93 bits per heavy atom. The maximum Gasteiger partial charge on any atom is 0.269 e. The Hall–Kier alpha value is -3.74. The molecule has 0 bridgehead atoms. The summed E-state index contributed by atoms with van der Waals surface area (Å²) < 4.78 is 1.40. The highest BCUT2D eigenvalue weighted by atomic mass is 16.6. The zero-order valence-electron chi connectivity index (χ0n) is 15.8. The van der Waals surface area contributed by atoms with E-state index in [4.69, 9.17) is 0 Å². The minimum Gasteiger partial charge on any atom is -0.310 e. The molecule has 0 aliphatic carbocycles. The Kier molecular flexibility index (Phi) is 4.72. The van der Waals surface area contributed by atoms with E-state index in [2.05, 4.69) is 0 Å². The number of rotatable bonds is 4. The minimum absolute atomic E-state index is 0.0250. The van der Waals surface area contributed by atoms with Crippen LogP contribution in [0, 0.1) is 10.1 Å². The zero-order valence-corrected chi connectivity index (χ0v) is 15.8. The first-order valence-electron chi connectivity index (χ1n) is 9.29. The lowest BCUT2D eigenvalue weighted by atomic mass is 10.1. The molecule has 1 aliphatic rings. The molecule has 29 heavy (non-hydrogen) atoms. The van der Waals surface area contributed by atoms with Crippen LogP contribution >= 0.6 is 0 Å². The van der Waals surface area contributed by atoms with Crippen molar-refractivity contribution in [1.29, 1.82) is 0 Å². The normalized spacial score (nSPS) is 15.2. The quantitative estimate of drug-likeness (QED) is 0.506. The van der Waals surface area contributed by atoms with Gasteiger partial charge in [0.1, 0.15) is 0 Å². The molecule has 2 heterocycles. The number of nitro groups is 1. The van der Waals surface area contributed by atoms with Gasteiger partial charge in [0.25, 0.3) is 17.2 Å². The van der Waals surface area contributed by atoms with E-state index < -0.39 is 4.92 Å². The summed E-state index contributed by atoms with van der Waals surface area (Å²) in [6.45, 7) is 2.14. The third-order valence-corrected chi connectivity index (χ3v) is 5.13. The summed E-state index contributed by atoms with van der Waals surface area (Å²) in [5, 5.41) is 11.0. The number of nitrogens with zero attached hydrogens (tertiary/aromatic N) is 3. The van der Waals surface area contributed by atoms with Crippen LogP contribution in [0.15, 0.2) is 71.7 Å². The third kappa shape index (κ3) is 3.54. The highest BCUT2D eigenvalue weighted by Gasteiger charge is 2.31. The molecule has 0 unspecified atom stereocenters. The Balaban J connectivity index is 1.65. The van der Waals surface area contributed by atoms with Gasteiger partial charge in [0.05, 0.1) is 17.0 Å². The van der Waals surface area contributed by atoms with Gasteiger partial charge in [-0.25, -0.2) is 0 Å². The smallest absolute Gasteiger partial charge is 0.269 e. The number of nitro benzene ring substituents is 1. The number of amides is 1. The van der Waals surface area contributed by atoms with Crippen LogP contribution in [-0.2, 0) is 13.0 Å². The molecule has 0 saturated heterocycles. The van der Waals surface area contributed by atoms with E-state index in [1.165, 1.54) is 35.0 Å². The van der Waals surface area contributed by atoms with E-state index in [0.29, 0.717) is 11.1 Å². The number of fused-ring (bicyclic) bond motifs is 1. The SMILES string of the molecule is C[C@@H]1Cc2ccccc2N1C(=O)c1ccc(=O)n(Cc2cccc([N+](=O)[O-])c2)c1. The van der Waals surface area contributed by atoms with Crippen molar-refractivity contribution in [2.24, 2.45) is 0 Å². The molecule has 0 fully saturated rings. The summed E-state index contributed by atoms with van der Waals surface area (Å²) >= 11 is 0. The van der Waals surface area contributed by atoms with Crippen LogP contribution in [0.4, 0.5) is 11.4 Å². The Bertz CT molecular complexity index is 1170. The van der Waals surface area contributed by atoms with Gasteiger partial charge in [-0.05, 0) is 36.6 Å². The molecule has 0 spiro atoms. The van der Waals surface area contributed by atoms with E-state index in [9.17, 15) is 19.7 Å². The Morgan fingerprint density at radius 1 is 1.14 bits per heavy atom. The molecule has 7 heteroatoms. The molecule has 146 valence electrons. The highest BCUT2D eigenvalue weighted by Crippen LogP contribution is 2.32. The summed E-state index contributed by atoms with van der Waals surface area (Å²) in [6.07, 6.45) is 2.31. The van der Waals surface area contributed by atoms with Crippen molar-refractivity contribution < 1.29 is 9.72 Å². The fourth-order valence-electron chi connectivity index (χ4n) is 3.76. The zero-order chi connectivity index (χ0) is 20.5. The van der Waals surface area contributed by atoms with Crippen LogP contribution in [0.5, 0.6) is 0 Å². The molecular weight excluding hydrogens is 370 g/mol. The number of non-ortho nitro benzene ring substituents is 1. The highest BCUT2D eigenvalue weighted by molar-refractivity contribution is 6.07. The number of anilines is 1. The lowest BCUT2D eigenvalue weighted by Gasteiger charge is -2.23. The lowest BCUT2D eigenvalue weighted by Crippen LogP contribution is -2.36. The van der Waals surface area contributed by atoms with Crippen molar-refractivity contribution in [3.05, 3.63) is 104 Å². The molecule has 0 N–H and O–H groups in total. The number of carbonyl (C=O) groups excluding carboxylic acids is 1. The van der Waals surface area contributed by atoms with Gasteiger partial charge >= 0.3 is 0 Å². The summed E-state index contributed by atoms with van der Waals surface area (Å²) in [6, 6.07) is 16.8. The van der Waals surface area contributed by atoms with Gasteiger partial charge < -0.3 is 9.47 Å². The van der Waals surface area contributed by atoms with Gasteiger partial charge in [-0.2, -0.15) is 0 Å². The van der Waals surface area contributed by atoms with Crippen molar-refractivity contribution in [3.8, 4) is 0 Å². The summed E-state index contributed by atoms with van der Waals surface area (Å²) in [7, 11) is 0. The van der Waals surface area contributed by atoms with E-state index in [1.54, 1.807) is 17.0 Å². The predicted octanol–water partition coefficient (Wildman–Crippen LogP) is 3.40. The number of pyridine rings is 1. The lowest BCUT2D eigenvalue weighted by molar-refractivity contribution is -0.384. The van der Waals surface area contributed by atoms with Crippen LogP contribution < -0.4 is 10.5 Å². The van der Waals surface area contributed by atoms with E-state index >= 15 is 0 Å². The van der Waals surface area contributed by atoms with Crippen molar-refractivity contribution in [1.82, 2.24) is 4.57 Å². The third-order valence-electron chi connectivity index (χ3n) is 5.13. The van der Waals surface area contributed by atoms with Crippen molar-refractivity contribution in [2.75, 3.05) is 4.90 Å². The maximum atomic E-state index is 13.2. The van der Waals surface area contributed by atoms with E-state index in [0.717, 1.165) is 17.7 Å². The molecule has 3 aromatic rings. The molecular formula is C22H19N3O4. The Morgan fingerprint density at radius 3 is 2.72 bits per heavy atom. The van der Waals surface area contributed by atoms with Gasteiger partial charge in [-0.15, -0.1) is 0 Å². The number of para-hydroxylation sites is 1. The molecule has 1 aliphatic heterocycles. The summed E-state index contributed by atoms with van der Waals surface area (Å²) in [5.41, 5.74) is 2.72. The first-order chi connectivity index (χ1) is 13.9.